The lowest BCUT2D eigenvalue weighted by Gasteiger charge is -2.14. The molecular formula is C40H26N4O. The fourth-order valence-corrected chi connectivity index (χ4v) is 6.42. The Kier molecular flexibility index (Phi) is 5.74. The monoisotopic (exact) mass is 578 g/mol. The number of para-hydroxylation sites is 1. The van der Waals surface area contributed by atoms with Gasteiger partial charge in [-0.15, -0.1) is 10.2 Å². The summed E-state index contributed by atoms with van der Waals surface area (Å²) in [6.45, 7) is 0. The molecule has 0 N–H and O–H groups in total. The molecule has 9 rings (SSSR count). The Labute approximate surface area is 259 Å². The number of fused-ring (bicyclic) bond motifs is 5. The highest BCUT2D eigenvalue weighted by molar-refractivity contribution is 6.20. The van der Waals surface area contributed by atoms with Crippen LogP contribution < -0.4 is 0 Å². The van der Waals surface area contributed by atoms with E-state index >= 15 is 0 Å². The van der Waals surface area contributed by atoms with E-state index in [4.69, 9.17) is 4.42 Å². The van der Waals surface area contributed by atoms with Gasteiger partial charge in [0.1, 0.15) is 11.3 Å². The first-order chi connectivity index (χ1) is 22.3. The molecule has 0 amide bonds. The van der Waals surface area contributed by atoms with Gasteiger partial charge in [-0.05, 0) is 42.5 Å². The number of rotatable bonds is 5. The molecule has 6 aromatic carbocycles. The minimum absolute atomic E-state index is 0.791. The van der Waals surface area contributed by atoms with Crippen LogP contribution in [0.2, 0.25) is 0 Å². The van der Waals surface area contributed by atoms with Gasteiger partial charge in [0.15, 0.2) is 11.6 Å². The lowest BCUT2D eigenvalue weighted by Crippen LogP contribution is -2.02. The van der Waals surface area contributed by atoms with Crippen LogP contribution in [0.4, 0.5) is 0 Å². The summed E-state index contributed by atoms with van der Waals surface area (Å²) in [4.78, 5) is 0. The molecule has 212 valence electrons. The largest absolute Gasteiger partial charge is 0.455 e. The zero-order valence-corrected chi connectivity index (χ0v) is 24.2. The van der Waals surface area contributed by atoms with E-state index < -0.39 is 0 Å². The van der Waals surface area contributed by atoms with Crippen LogP contribution in [-0.4, -0.2) is 19.3 Å². The van der Waals surface area contributed by atoms with E-state index in [0.29, 0.717) is 0 Å². The average Bonchev–Trinajstić information content (AvgIpc) is 3.83. The highest BCUT2D eigenvalue weighted by atomic mass is 16.3. The Hall–Kier alpha value is -6.20. The maximum Gasteiger partial charge on any atom is 0.168 e. The van der Waals surface area contributed by atoms with Gasteiger partial charge in [0.2, 0.25) is 0 Å². The number of benzene rings is 6. The van der Waals surface area contributed by atoms with Crippen molar-refractivity contribution in [3.63, 3.8) is 0 Å². The van der Waals surface area contributed by atoms with Crippen molar-refractivity contribution in [1.82, 2.24) is 19.3 Å². The van der Waals surface area contributed by atoms with E-state index in [1.54, 1.807) is 0 Å². The quantitative estimate of drug-likeness (QED) is 0.204. The molecule has 9 aromatic rings. The van der Waals surface area contributed by atoms with Crippen molar-refractivity contribution in [1.29, 1.82) is 0 Å². The zero-order valence-electron chi connectivity index (χ0n) is 24.2. The molecule has 45 heavy (non-hydrogen) atoms. The lowest BCUT2D eigenvalue weighted by molar-refractivity contribution is 0.635. The van der Waals surface area contributed by atoms with Crippen molar-refractivity contribution in [3.05, 3.63) is 158 Å². The van der Waals surface area contributed by atoms with Gasteiger partial charge >= 0.3 is 0 Å². The van der Waals surface area contributed by atoms with E-state index in [-0.39, 0.29) is 0 Å². The van der Waals surface area contributed by atoms with Gasteiger partial charge in [-0.2, -0.15) is 0 Å². The summed E-state index contributed by atoms with van der Waals surface area (Å²) in [7, 11) is 0. The van der Waals surface area contributed by atoms with Crippen LogP contribution in [0.25, 0.3) is 78.2 Å². The maximum atomic E-state index is 6.60. The molecule has 0 fully saturated rings. The summed E-state index contributed by atoms with van der Waals surface area (Å²) in [6, 6.07) is 54.4. The molecule has 0 atom stereocenters. The Morgan fingerprint density at radius 1 is 0.444 bits per heavy atom. The van der Waals surface area contributed by atoms with Crippen LogP contribution >= 0.6 is 0 Å². The minimum atomic E-state index is 0.791. The predicted molar refractivity (Wildman–Crippen MR) is 182 cm³/mol. The molecule has 0 saturated heterocycles. The summed E-state index contributed by atoms with van der Waals surface area (Å²) in [6.07, 6.45) is 0. The molecule has 3 heterocycles. The van der Waals surface area contributed by atoms with Gasteiger partial charge in [0.05, 0.1) is 22.1 Å². The number of hydrogen-bond acceptors (Lipinski definition) is 3. The lowest BCUT2D eigenvalue weighted by atomic mass is 10.1. The number of hydrogen-bond donors (Lipinski definition) is 0. The number of aromatic nitrogens is 4. The van der Waals surface area contributed by atoms with Crippen LogP contribution in [0, 0.1) is 0 Å². The van der Waals surface area contributed by atoms with E-state index in [0.717, 1.165) is 78.2 Å². The normalized spacial score (nSPS) is 11.6. The molecule has 5 nitrogen and oxygen atoms in total. The molecule has 0 radical (unpaired) electrons. The molecule has 0 spiro atoms. The highest BCUT2D eigenvalue weighted by Gasteiger charge is 2.20. The fourth-order valence-electron chi connectivity index (χ4n) is 6.42. The molecule has 0 unspecified atom stereocenters. The van der Waals surface area contributed by atoms with Gasteiger partial charge in [-0.1, -0.05) is 115 Å². The molecule has 0 bridgehead atoms. The molecule has 5 heteroatoms. The Morgan fingerprint density at radius 3 is 1.69 bits per heavy atom. The molecule has 0 aliphatic carbocycles. The third kappa shape index (κ3) is 4.09. The van der Waals surface area contributed by atoms with E-state index in [9.17, 15) is 0 Å². The van der Waals surface area contributed by atoms with Gasteiger partial charge in [0.25, 0.3) is 0 Å². The molecule has 0 aliphatic rings. The maximum absolute atomic E-state index is 6.60. The van der Waals surface area contributed by atoms with Gasteiger partial charge in [0, 0.05) is 33.2 Å². The van der Waals surface area contributed by atoms with Crippen molar-refractivity contribution < 1.29 is 4.42 Å². The molecular weight excluding hydrogens is 552 g/mol. The summed E-state index contributed by atoms with van der Waals surface area (Å²) in [5, 5.41) is 12.7. The third-order valence-corrected chi connectivity index (χ3v) is 8.45. The molecule has 0 saturated carbocycles. The first-order valence-electron chi connectivity index (χ1n) is 15.0. The fraction of sp³-hybridized carbons (Fsp3) is 0. The van der Waals surface area contributed by atoms with E-state index in [2.05, 4.69) is 122 Å². The van der Waals surface area contributed by atoms with Gasteiger partial charge in [-0.3, -0.25) is 4.57 Å². The second-order valence-corrected chi connectivity index (χ2v) is 11.1. The summed E-state index contributed by atoms with van der Waals surface area (Å²) < 4.78 is 11.1. The molecule has 3 aromatic heterocycles. The second-order valence-electron chi connectivity index (χ2n) is 11.1. The van der Waals surface area contributed by atoms with E-state index in [1.807, 2.05) is 54.6 Å². The summed E-state index contributed by atoms with van der Waals surface area (Å²) in [5.74, 6) is 2.45. The first kappa shape index (κ1) is 25.3. The second kappa shape index (κ2) is 10.2. The Balaban J connectivity index is 1.28. The Bertz CT molecular complexity index is 2410. The van der Waals surface area contributed by atoms with Crippen LogP contribution in [-0.2, 0) is 0 Å². The number of furan rings is 1. The number of nitrogens with zero attached hydrogens (tertiary/aromatic N) is 4. The topological polar surface area (TPSA) is 48.8 Å². The predicted octanol–water partition coefficient (Wildman–Crippen LogP) is 10.1. The third-order valence-electron chi connectivity index (χ3n) is 8.45. The van der Waals surface area contributed by atoms with E-state index in [1.165, 1.54) is 0 Å². The molecule has 0 aliphatic heterocycles. The van der Waals surface area contributed by atoms with Crippen molar-refractivity contribution >= 4 is 32.8 Å². The smallest absolute Gasteiger partial charge is 0.168 e. The Morgan fingerprint density at radius 2 is 1.02 bits per heavy atom. The van der Waals surface area contributed by atoms with Crippen LogP contribution in [0.15, 0.2) is 162 Å². The highest BCUT2D eigenvalue weighted by Crippen LogP contribution is 2.40. The minimum Gasteiger partial charge on any atom is -0.455 e. The van der Waals surface area contributed by atoms with Crippen molar-refractivity contribution in [2.75, 3.05) is 0 Å². The summed E-state index contributed by atoms with van der Waals surface area (Å²) in [5.41, 5.74) is 8.19. The van der Waals surface area contributed by atoms with Crippen molar-refractivity contribution in [2.24, 2.45) is 0 Å². The van der Waals surface area contributed by atoms with Gasteiger partial charge in [-0.25, -0.2) is 0 Å². The standard InChI is InChI=1S/C40H26N4O/c1-4-13-27(14-5-1)36-25-30-23-24-35-37(38(30)45-36)33-21-10-11-22-34(33)43(35)31-19-12-20-32(26-31)44-39(28-15-6-2-7-16-28)41-42-40(44)29-17-8-3-9-18-29/h1-26H. The SMILES string of the molecule is c1ccc(-c2cc3ccc4c(c5ccccc5n4-c4cccc(-n5c(-c6ccccc6)nnc5-c5ccccc5)c4)c3o2)cc1. The zero-order chi connectivity index (χ0) is 29.7. The average molecular weight is 579 g/mol. The van der Waals surface area contributed by atoms with Crippen LogP contribution in [0.1, 0.15) is 0 Å². The summed E-state index contributed by atoms with van der Waals surface area (Å²) >= 11 is 0. The van der Waals surface area contributed by atoms with Crippen molar-refractivity contribution in [3.8, 4) is 45.5 Å². The van der Waals surface area contributed by atoms with Crippen molar-refractivity contribution in [2.45, 2.75) is 0 Å². The van der Waals surface area contributed by atoms with Gasteiger partial charge < -0.3 is 8.98 Å². The first-order valence-corrected chi connectivity index (χ1v) is 15.0. The van der Waals surface area contributed by atoms with Crippen LogP contribution in [0.3, 0.4) is 0 Å². The van der Waals surface area contributed by atoms with Crippen LogP contribution in [0.5, 0.6) is 0 Å².